The van der Waals surface area contributed by atoms with E-state index in [0.717, 1.165) is 11.3 Å². The van der Waals surface area contributed by atoms with Crippen LogP contribution >= 0.6 is 0 Å². The molecule has 0 aliphatic rings. The van der Waals surface area contributed by atoms with E-state index in [1.54, 1.807) is 4.90 Å². The predicted molar refractivity (Wildman–Crippen MR) is 130 cm³/mol. The lowest BCUT2D eigenvalue weighted by Gasteiger charge is -2.33. The first kappa shape index (κ1) is 25.4. The number of aryl methyl sites for hydroxylation is 1. The number of nitrogens with zero attached hydrogens (tertiary/aromatic N) is 1. The maximum atomic E-state index is 13.2. The molecule has 0 bridgehead atoms. The number of carbonyl (C=O) groups is 2. The monoisotopic (exact) mass is 438 g/mol. The van der Waals surface area contributed by atoms with Crippen LogP contribution in [0.1, 0.15) is 58.1 Å². The molecule has 0 spiro atoms. The van der Waals surface area contributed by atoms with E-state index in [9.17, 15) is 9.59 Å². The van der Waals surface area contributed by atoms with E-state index in [0.29, 0.717) is 38.8 Å². The molecule has 174 valence electrons. The van der Waals surface area contributed by atoms with Crippen LogP contribution in [0.2, 0.25) is 0 Å². The zero-order chi connectivity index (χ0) is 23.6. The van der Waals surface area contributed by atoms with Crippen LogP contribution in [-0.4, -0.2) is 41.4 Å². The molecule has 0 fully saturated rings. The first-order valence-electron chi connectivity index (χ1n) is 11.5. The van der Waals surface area contributed by atoms with Crippen molar-refractivity contribution in [1.29, 1.82) is 0 Å². The summed E-state index contributed by atoms with van der Waals surface area (Å²) in [6.07, 6.45) is 2.24. The highest BCUT2D eigenvalue weighted by atomic mass is 16.5. The third-order valence-electron chi connectivity index (χ3n) is 5.19. The average Bonchev–Trinajstić information content (AvgIpc) is 2.74. The van der Waals surface area contributed by atoms with E-state index in [1.807, 2.05) is 89.2 Å². The maximum absolute atomic E-state index is 13.2. The largest absolute Gasteiger partial charge is 0.494 e. The van der Waals surface area contributed by atoms with Gasteiger partial charge in [-0.1, -0.05) is 55.0 Å². The number of rotatable bonds is 11. The Balaban J connectivity index is 2.01. The fraction of sp³-hybridized carbons (Fsp3) is 0.481. The third kappa shape index (κ3) is 8.74. The van der Waals surface area contributed by atoms with Crippen molar-refractivity contribution >= 4 is 11.8 Å². The van der Waals surface area contributed by atoms with Gasteiger partial charge in [-0.25, -0.2) is 0 Å². The molecule has 0 saturated carbocycles. The van der Waals surface area contributed by atoms with Gasteiger partial charge in [-0.2, -0.15) is 0 Å². The molecule has 0 aliphatic carbocycles. The molecule has 2 amide bonds. The molecule has 1 unspecified atom stereocenters. The van der Waals surface area contributed by atoms with Crippen molar-refractivity contribution in [3.63, 3.8) is 0 Å². The standard InChI is InChI=1S/C27H38N2O3/c1-6-24(26(31)28-27(3,4)5)29(19-18-22-11-8-7-9-12-22)25(30)13-10-20-32-23-16-14-21(2)15-17-23/h7-9,11-12,14-17,24H,6,10,13,18-20H2,1-5H3,(H,28,31). The molecular weight excluding hydrogens is 400 g/mol. The predicted octanol–water partition coefficient (Wildman–Crippen LogP) is 4.92. The summed E-state index contributed by atoms with van der Waals surface area (Å²) in [4.78, 5) is 27.9. The van der Waals surface area contributed by atoms with Crippen molar-refractivity contribution in [2.75, 3.05) is 13.2 Å². The van der Waals surface area contributed by atoms with E-state index in [1.165, 1.54) is 5.56 Å². The van der Waals surface area contributed by atoms with Crippen LogP contribution in [0, 0.1) is 6.92 Å². The lowest BCUT2D eigenvalue weighted by atomic mass is 10.0. The van der Waals surface area contributed by atoms with E-state index in [2.05, 4.69) is 5.32 Å². The average molecular weight is 439 g/mol. The highest BCUT2D eigenvalue weighted by molar-refractivity contribution is 5.88. The number of hydrogen-bond donors (Lipinski definition) is 1. The summed E-state index contributed by atoms with van der Waals surface area (Å²) in [5.74, 6) is 0.696. The first-order valence-corrected chi connectivity index (χ1v) is 11.5. The van der Waals surface area contributed by atoms with Crippen molar-refractivity contribution in [3.05, 3.63) is 65.7 Å². The quantitative estimate of drug-likeness (QED) is 0.507. The molecular formula is C27H38N2O3. The van der Waals surface area contributed by atoms with E-state index < -0.39 is 6.04 Å². The van der Waals surface area contributed by atoms with Crippen molar-refractivity contribution in [2.45, 2.75) is 71.9 Å². The van der Waals surface area contributed by atoms with Gasteiger partial charge in [0.15, 0.2) is 0 Å². The number of nitrogens with one attached hydrogen (secondary N) is 1. The van der Waals surface area contributed by atoms with Gasteiger partial charge in [-0.15, -0.1) is 0 Å². The van der Waals surface area contributed by atoms with Crippen LogP contribution in [0.3, 0.4) is 0 Å². The number of benzene rings is 2. The third-order valence-corrected chi connectivity index (χ3v) is 5.19. The van der Waals surface area contributed by atoms with Crippen molar-refractivity contribution in [2.24, 2.45) is 0 Å². The van der Waals surface area contributed by atoms with Gasteiger partial charge in [-0.05, 0) is 64.7 Å². The lowest BCUT2D eigenvalue weighted by molar-refractivity contribution is -0.141. The highest BCUT2D eigenvalue weighted by Crippen LogP contribution is 2.15. The number of hydrogen-bond acceptors (Lipinski definition) is 3. The smallest absolute Gasteiger partial charge is 0.243 e. The van der Waals surface area contributed by atoms with E-state index in [-0.39, 0.29) is 17.4 Å². The molecule has 1 N–H and O–H groups in total. The van der Waals surface area contributed by atoms with E-state index >= 15 is 0 Å². The van der Waals surface area contributed by atoms with Crippen LogP contribution in [0.25, 0.3) is 0 Å². The van der Waals surface area contributed by atoms with Crippen molar-refractivity contribution in [3.8, 4) is 5.75 Å². The maximum Gasteiger partial charge on any atom is 0.243 e. The second-order valence-corrected chi connectivity index (χ2v) is 9.25. The summed E-state index contributed by atoms with van der Waals surface area (Å²) in [6, 6.07) is 17.5. The minimum Gasteiger partial charge on any atom is -0.494 e. The minimum atomic E-state index is -0.483. The van der Waals surface area contributed by atoms with Crippen LogP contribution in [0.4, 0.5) is 0 Å². The van der Waals surface area contributed by atoms with Crippen LogP contribution < -0.4 is 10.1 Å². The Labute approximate surface area is 193 Å². The Hall–Kier alpha value is -2.82. The number of ether oxygens (including phenoxy) is 1. The van der Waals surface area contributed by atoms with Gasteiger partial charge < -0.3 is 15.0 Å². The molecule has 0 heterocycles. The van der Waals surface area contributed by atoms with Gasteiger partial charge in [0.05, 0.1) is 6.61 Å². The fourth-order valence-electron chi connectivity index (χ4n) is 3.54. The Morgan fingerprint density at radius 1 is 1.03 bits per heavy atom. The van der Waals surface area contributed by atoms with Crippen LogP contribution in [-0.2, 0) is 16.0 Å². The molecule has 32 heavy (non-hydrogen) atoms. The Morgan fingerprint density at radius 2 is 1.69 bits per heavy atom. The summed E-state index contributed by atoms with van der Waals surface area (Å²) < 4.78 is 5.77. The summed E-state index contributed by atoms with van der Waals surface area (Å²) in [5.41, 5.74) is 1.99. The topological polar surface area (TPSA) is 58.6 Å². The van der Waals surface area contributed by atoms with Crippen LogP contribution in [0.15, 0.2) is 54.6 Å². The zero-order valence-electron chi connectivity index (χ0n) is 20.2. The number of amides is 2. The summed E-state index contributed by atoms with van der Waals surface area (Å²) in [7, 11) is 0. The van der Waals surface area contributed by atoms with Crippen molar-refractivity contribution in [1.82, 2.24) is 10.2 Å². The molecule has 0 saturated heterocycles. The minimum absolute atomic E-state index is 0.00986. The molecule has 1 atom stereocenters. The zero-order valence-corrected chi connectivity index (χ0v) is 20.2. The van der Waals surface area contributed by atoms with Gasteiger partial charge in [-0.3, -0.25) is 9.59 Å². The SMILES string of the molecule is CCC(C(=O)NC(C)(C)C)N(CCc1ccccc1)C(=O)CCCOc1ccc(C)cc1. The summed E-state index contributed by atoms with van der Waals surface area (Å²) >= 11 is 0. The summed E-state index contributed by atoms with van der Waals surface area (Å²) in [6.45, 7) is 10.8. The lowest BCUT2D eigenvalue weighted by Crippen LogP contribution is -2.54. The Morgan fingerprint density at radius 3 is 2.28 bits per heavy atom. The Kier molecular flexibility index (Phi) is 9.76. The first-order chi connectivity index (χ1) is 15.2. The van der Waals surface area contributed by atoms with Crippen LogP contribution in [0.5, 0.6) is 5.75 Å². The van der Waals surface area contributed by atoms with Crippen molar-refractivity contribution < 1.29 is 14.3 Å². The highest BCUT2D eigenvalue weighted by Gasteiger charge is 2.30. The van der Waals surface area contributed by atoms with Gasteiger partial charge >= 0.3 is 0 Å². The van der Waals surface area contributed by atoms with Gasteiger partial charge in [0.25, 0.3) is 0 Å². The molecule has 0 aromatic heterocycles. The fourth-order valence-corrected chi connectivity index (χ4v) is 3.54. The number of carbonyl (C=O) groups excluding carboxylic acids is 2. The Bertz CT molecular complexity index is 841. The second kappa shape index (κ2) is 12.3. The molecule has 0 radical (unpaired) electrons. The van der Waals surface area contributed by atoms with E-state index in [4.69, 9.17) is 4.74 Å². The molecule has 5 heteroatoms. The molecule has 2 aromatic rings. The van der Waals surface area contributed by atoms with Gasteiger partial charge in [0.2, 0.25) is 11.8 Å². The normalized spacial score (nSPS) is 12.2. The summed E-state index contributed by atoms with van der Waals surface area (Å²) in [5, 5.41) is 3.04. The second-order valence-electron chi connectivity index (χ2n) is 9.25. The van der Waals surface area contributed by atoms with Gasteiger partial charge in [0.1, 0.15) is 11.8 Å². The van der Waals surface area contributed by atoms with Gasteiger partial charge in [0, 0.05) is 18.5 Å². The molecule has 5 nitrogen and oxygen atoms in total. The molecule has 2 aromatic carbocycles. The molecule has 2 rings (SSSR count). The molecule has 0 aliphatic heterocycles.